The molecule has 0 saturated heterocycles. The minimum absolute atomic E-state index is 0.427. The molecule has 14 heavy (non-hydrogen) atoms. The molecular formula is C13H19N. The molecule has 0 aliphatic heterocycles. The van der Waals surface area contributed by atoms with Crippen LogP contribution in [-0.2, 0) is 0 Å². The van der Waals surface area contributed by atoms with Gasteiger partial charge >= 0.3 is 0 Å². The minimum atomic E-state index is 0.427. The molecule has 1 nitrogen and oxygen atoms in total. The fourth-order valence-corrected chi connectivity index (χ4v) is 1.36. The number of likely N-dealkylation sites (N-methyl/N-ethyl adjacent to an activating group) is 1. The average molecular weight is 189 g/mol. The van der Waals surface area contributed by atoms with E-state index in [0.29, 0.717) is 6.04 Å². The first-order valence-electron chi connectivity index (χ1n) is 5.06. The SMILES string of the molecule is CNC(C)/C=C/c1ccc(C)cc1C. The summed E-state index contributed by atoms with van der Waals surface area (Å²) < 4.78 is 0. The fraction of sp³-hybridized carbons (Fsp3) is 0.385. The Morgan fingerprint density at radius 2 is 2.00 bits per heavy atom. The lowest BCUT2D eigenvalue weighted by molar-refractivity contribution is 0.731. The molecule has 0 amide bonds. The maximum Gasteiger partial charge on any atom is 0.0221 e. The first-order chi connectivity index (χ1) is 6.63. The lowest BCUT2D eigenvalue weighted by atomic mass is 10.0. The molecule has 0 aromatic heterocycles. The lowest BCUT2D eigenvalue weighted by Crippen LogP contribution is -2.17. The quantitative estimate of drug-likeness (QED) is 0.771. The van der Waals surface area contributed by atoms with Gasteiger partial charge in [-0.3, -0.25) is 0 Å². The first kappa shape index (κ1) is 11.0. The highest BCUT2D eigenvalue weighted by Gasteiger charge is 1.95. The van der Waals surface area contributed by atoms with Crippen LogP contribution in [0, 0.1) is 13.8 Å². The van der Waals surface area contributed by atoms with E-state index >= 15 is 0 Å². The number of hydrogen-bond donors (Lipinski definition) is 1. The Hall–Kier alpha value is -1.08. The Kier molecular flexibility index (Phi) is 3.90. The van der Waals surface area contributed by atoms with Gasteiger partial charge in [-0.05, 0) is 38.9 Å². The van der Waals surface area contributed by atoms with Crippen LogP contribution in [0.2, 0.25) is 0 Å². The lowest BCUT2D eigenvalue weighted by Gasteiger charge is -2.04. The fourth-order valence-electron chi connectivity index (χ4n) is 1.36. The van der Waals surface area contributed by atoms with Gasteiger partial charge in [-0.2, -0.15) is 0 Å². The molecule has 0 bridgehead atoms. The van der Waals surface area contributed by atoms with E-state index in [-0.39, 0.29) is 0 Å². The second-order valence-corrected chi connectivity index (χ2v) is 3.80. The zero-order valence-electron chi connectivity index (χ0n) is 9.46. The summed E-state index contributed by atoms with van der Waals surface area (Å²) in [4.78, 5) is 0. The van der Waals surface area contributed by atoms with Crippen LogP contribution in [0.1, 0.15) is 23.6 Å². The van der Waals surface area contributed by atoms with E-state index in [4.69, 9.17) is 0 Å². The van der Waals surface area contributed by atoms with Crippen molar-refractivity contribution >= 4 is 6.08 Å². The standard InChI is InChI=1S/C13H19N/c1-10-5-7-13(11(2)9-10)8-6-12(3)14-4/h5-9,12,14H,1-4H3/b8-6+. The topological polar surface area (TPSA) is 12.0 Å². The first-order valence-corrected chi connectivity index (χ1v) is 5.06. The van der Waals surface area contributed by atoms with Crippen LogP contribution in [0.3, 0.4) is 0 Å². The van der Waals surface area contributed by atoms with Crippen molar-refractivity contribution in [3.05, 3.63) is 41.0 Å². The third-order valence-corrected chi connectivity index (χ3v) is 2.45. The Balaban J connectivity index is 2.82. The molecule has 0 radical (unpaired) electrons. The van der Waals surface area contributed by atoms with E-state index in [2.05, 4.69) is 56.4 Å². The molecule has 0 aliphatic carbocycles. The molecule has 1 aromatic rings. The Bertz CT molecular complexity index is 326. The van der Waals surface area contributed by atoms with Crippen molar-refractivity contribution in [2.45, 2.75) is 26.8 Å². The van der Waals surface area contributed by atoms with E-state index in [1.807, 2.05) is 7.05 Å². The van der Waals surface area contributed by atoms with Crippen molar-refractivity contribution in [2.24, 2.45) is 0 Å². The molecule has 1 rings (SSSR count). The maximum absolute atomic E-state index is 3.18. The predicted molar refractivity (Wildman–Crippen MR) is 63.5 cm³/mol. The summed E-state index contributed by atoms with van der Waals surface area (Å²) in [6.45, 7) is 6.41. The van der Waals surface area contributed by atoms with Gasteiger partial charge in [0.25, 0.3) is 0 Å². The smallest absolute Gasteiger partial charge is 0.0221 e. The van der Waals surface area contributed by atoms with Crippen molar-refractivity contribution in [1.29, 1.82) is 0 Å². The van der Waals surface area contributed by atoms with Gasteiger partial charge in [-0.1, -0.05) is 35.9 Å². The van der Waals surface area contributed by atoms with Crippen LogP contribution in [0.15, 0.2) is 24.3 Å². The van der Waals surface area contributed by atoms with Crippen LogP contribution in [0.5, 0.6) is 0 Å². The summed E-state index contributed by atoms with van der Waals surface area (Å²) >= 11 is 0. The van der Waals surface area contributed by atoms with Crippen molar-refractivity contribution < 1.29 is 0 Å². The van der Waals surface area contributed by atoms with Crippen LogP contribution in [0.25, 0.3) is 6.08 Å². The summed E-state index contributed by atoms with van der Waals surface area (Å²) in [5.41, 5.74) is 3.96. The van der Waals surface area contributed by atoms with Crippen LogP contribution < -0.4 is 5.32 Å². The third-order valence-electron chi connectivity index (χ3n) is 2.45. The zero-order chi connectivity index (χ0) is 10.6. The van der Waals surface area contributed by atoms with E-state index in [1.54, 1.807) is 0 Å². The zero-order valence-corrected chi connectivity index (χ0v) is 9.46. The van der Waals surface area contributed by atoms with Crippen molar-refractivity contribution in [3.63, 3.8) is 0 Å². The molecule has 76 valence electrons. The highest BCUT2D eigenvalue weighted by atomic mass is 14.8. The van der Waals surface area contributed by atoms with Gasteiger partial charge in [-0.25, -0.2) is 0 Å². The number of benzene rings is 1. The maximum atomic E-state index is 3.18. The summed E-state index contributed by atoms with van der Waals surface area (Å²) in [5, 5.41) is 3.18. The molecule has 1 aromatic carbocycles. The highest BCUT2D eigenvalue weighted by Crippen LogP contribution is 2.12. The average Bonchev–Trinajstić information content (AvgIpc) is 2.16. The second-order valence-electron chi connectivity index (χ2n) is 3.80. The van der Waals surface area contributed by atoms with Gasteiger partial charge in [0.15, 0.2) is 0 Å². The van der Waals surface area contributed by atoms with Gasteiger partial charge in [0.2, 0.25) is 0 Å². The van der Waals surface area contributed by atoms with Gasteiger partial charge in [-0.15, -0.1) is 0 Å². The number of aryl methyl sites for hydroxylation is 2. The van der Waals surface area contributed by atoms with E-state index < -0.39 is 0 Å². The van der Waals surface area contributed by atoms with Gasteiger partial charge in [0.1, 0.15) is 0 Å². The van der Waals surface area contributed by atoms with Gasteiger partial charge in [0, 0.05) is 6.04 Å². The Labute approximate surface area is 86.8 Å². The molecule has 1 atom stereocenters. The third kappa shape index (κ3) is 3.00. The molecule has 0 heterocycles. The largest absolute Gasteiger partial charge is 0.314 e. The van der Waals surface area contributed by atoms with E-state index in [9.17, 15) is 0 Å². The number of hydrogen-bond acceptors (Lipinski definition) is 1. The minimum Gasteiger partial charge on any atom is -0.314 e. The number of nitrogens with one attached hydrogen (secondary N) is 1. The molecule has 0 spiro atoms. The molecule has 1 heteroatoms. The summed E-state index contributed by atoms with van der Waals surface area (Å²) in [5.74, 6) is 0. The summed E-state index contributed by atoms with van der Waals surface area (Å²) in [7, 11) is 1.97. The summed E-state index contributed by atoms with van der Waals surface area (Å²) in [6.07, 6.45) is 4.35. The molecular weight excluding hydrogens is 170 g/mol. The van der Waals surface area contributed by atoms with Gasteiger partial charge < -0.3 is 5.32 Å². The molecule has 1 N–H and O–H groups in total. The monoisotopic (exact) mass is 189 g/mol. The summed E-state index contributed by atoms with van der Waals surface area (Å²) in [6, 6.07) is 6.96. The second kappa shape index (κ2) is 4.97. The van der Waals surface area contributed by atoms with Crippen molar-refractivity contribution in [2.75, 3.05) is 7.05 Å². The van der Waals surface area contributed by atoms with Crippen LogP contribution in [-0.4, -0.2) is 13.1 Å². The Morgan fingerprint density at radius 1 is 1.29 bits per heavy atom. The van der Waals surface area contributed by atoms with Crippen LogP contribution in [0.4, 0.5) is 0 Å². The normalized spacial score (nSPS) is 13.4. The van der Waals surface area contributed by atoms with Crippen molar-refractivity contribution in [1.82, 2.24) is 5.32 Å². The van der Waals surface area contributed by atoms with Gasteiger partial charge in [0.05, 0.1) is 0 Å². The van der Waals surface area contributed by atoms with Crippen molar-refractivity contribution in [3.8, 4) is 0 Å². The highest BCUT2D eigenvalue weighted by molar-refractivity contribution is 5.54. The molecule has 0 aliphatic rings. The van der Waals surface area contributed by atoms with Crippen LogP contribution >= 0.6 is 0 Å². The molecule has 0 fully saturated rings. The van der Waals surface area contributed by atoms with E-state index in [1.165, 1.54) is 16.7 Å². The Morgan fingerprint density at radius 3 is 2.57 bits per heavy atom. The molecule has 0 saturated carbocycles. The molecule has 1 unspecified atom stereocenters. The predicted octanol–water partition coefficient (Wildman–Crippen LogP) is 2.92. The number of rotatable bonds is 3. The van der Waals surface area contributed by atoms with E-state index in [0.717, 1.165) is 0 Å².